The zero-order valence-corrected chi connectivity index (χ0v) is 15.0. The lowest BCUT2D eigenvalue weighted by molar-refractivity contribution is -0.168. The standard InChI is InChI=1S/C17H26N4O3/c1-12-14(13(2)24-18-12)8-21-11-17(16(21)23)6-5-7-20(10-17)9-15(22)19(3)4/h5-11H2,1-4H3/t17-/m1/s1. The Morgan fingerprint density at radius 3 is 2.67 bits per heavy atom. The van der Waals surface area contributed by atoms with Crippen LogP contribution in [0.1, 0.15) is 29.9 Å². The smallest absolute Gasteiger partial charge is 0.236 e. The predicted molar refractivity (Wildman–Crippen MR) is 88.2 cm³/mol. The van der Waals surface area contributed by atoms with Gasteiger partial charge in [0.1, 0.15) is 5.76 Å². The maximum Gasteiger partial charge on any atom is 0.236 e. The SMILES string of the molecule is Cc1noc(C)c1CN1C[C@]2(CCCN(CC(=O)N(C)C)C2)C1=O. The Balaban J connectivity index is 1.62. The number of amides is 2. The van der Waals surface area contributed by atoms with Crippen LogP contribution in [0.15, 0.2) is 4.52 Å². The lowest BCUT2D eigenvalue weighted by atomic mass is 9.72. The van der Waals surface area contributed by atoms with E-state index in [1.165, 1.54) is 0 Å². The number of piperidine rings is 1. The number of likely N-dealkylation sites (tertiary alicyclic amines) is 2. The van der Waals surface area contributed by atoms with Gasteiger partial charge in [0, 0.05) is 32.7 Å². The average molecular weight is 334 g/mol. The van der Waals surface area contributed by atoms with Crippen molar-refractivity contribution in [2.45, 2.75) is 33.2 Å². The fourth-order valence-corrected chi connectivity index (χ4v) is 3.79. The minimum Gasteiger partial charge on any atom is -0.361 e. The number of aryl methyl sites for hydroxylation is 2. The molecule has 0 aliphatic carbocycles. The molecule has 132 valence electrons. The first-order chi connectivity index (χ1) is 11.3. The van der Waals surface area contributed by atoms with Crippen LogP contribution in [0.3, 0.4) is 0 Å². The molecule has 1 spiro atoms. The molecule has 0 unspecified atom stereocenters. The van der Waals surface area contributed by atoms with Crippen LogP contribution < -0.4 is 0 Å². The van der Waals surface area contributed by atoms with E-state index in [2.05, 4.69) is 10.1 Å². The van der Waals surface area contributed by atoms with E-state index in [9.17, 15) is 9.59 Å². The van der Waals surface area contributed by atoms with Gasteiger partial charge in [0.25, 0.3) is 0 Å². The third kappa shape index (κ3) is 2.92. The largest absolute Gasteiger partial charge is 0.361 e. The van der Waals surface area contributed by atoms with Gasteiger partial charge in [-0.1, -0.05) is 5.16 Å². The molecule has 1 aromatic rings. The molecule has 0 saturated carbocycles. The number of β-lactam (4-membered cyclic amide) rings is 1. The van der Waals surface area contributed by atoms with Crippen LogP contribution in [0.4, 0.5) is 0 Å². The second-order valence-corrected chi connectivity index (χ2v) is 7.35. The van der Waals surface area contributed by atoms with E-state index in [4.69, 9.17) is 4.52 Å². The second-order valence-electron chi connectivity index (χ2n) is 7.35. The van der Waals surface area contributed by atoms with Crippen molar-refractivity contribution in [3.63, 3.8) is 0 Å². The molecule has 1 aromatic heterocycles. The number of nitrogens with zero attached hydrogens (tertiary/aromatic N) is 4. The third-order valence-corrected chi connectivity index (χ3v) is 5.28. The van der Waals surface area contributed by atoms with Crippen molar-refractivity contribution in [3.05, 3.63) is 17.0 Å². The lowest BCUT2D eigenvalue weighted by Crippen LogP contribution is -2.66. The zero-order chi connectivity index (χ0) is 17.5. The summed E-state index contributed by atoms with van der Waals surface area (Å²) in [6, 6.07) is 0. The van der Waals surface area contributed by atoms with Crippen LogP contribution in [0.5, 0.6) is 0 Å². The number of aromatic nitrogens is 1. The number of likely N-dealkylation sites (N-methyl/N-ethyl adjacent to an activating group) is 1. The van der Waals surface area contributed by atoms with Crippen molar-refractivity contribution >= 4 is 11.8 Å². The van der Waals surface area contributed by atoms with E-state index in [1.807, 2.05) is 18.7 Å². The van der Waals surface area contributed by atoms with Gasteiger partial charge in [0.05, 0.1) is 24.2 Å². The summed E-state index contributed by atoms with van der Waals surface area (Å²) in [7, 11) is 3.53. The summed E-state index contributed by atoms with van der Waals surface area (Å²) in [5.74, 6) is 1.07. The molecule has 0 aromatic carbocycles. The highest BCUT2D eigenvalue weighted by Gasteiger charge is 2.53. The molecule has 1 atom stereocenters. The summed E-state index contributed by atoms with van der Waals surface area (Å²) in [6.45, 7) is 7.07. The summed E-state index contributed by atoms with van der Waals surface area (Å²) in [5, 5.41) is 3.95. The van der Waals surface area contributed by atoms with Gasteiger partial charge in [-0.3, -0.25) is 14.5 Å². The molecule has 2 aliphatic rings. The van der Waals surface area contributed by atoms with Crippen LogP contribution in [0.25, 0.3) is 0 Å². The van der Waals surface area contributed by atoms with E-state index in [-0.39, 0.29) is 17.2 Å². The molecule has 2 amide bonds. The Labute approximate surface area is 142 Å². The van der Waals surface area contributed by atoms with E-state index >= 15 is 0 Å². The van der Waals surface area contributed by atoms with Crippen LogP contribution in [0, 0.1) is 19.3 Å². The zero-order valence-electron chi connectivity index (χ0n) is 15.0. The van der Waals surface area contributed by atoms with E-state index in [1.54, 1.807) is 19.0 Å². The molecular weight excluding hydrogens is 308 g/mol. The maximum atomic E-state index is 12.8. The number of carbonyl (C=O) groups excluding carboxylic acids is 2. The van der Waals surface area contributed by atoms with Gasteiger partial charge in [0.2, 0.25) is 11.8 Å². The summed E-state index contributed by atoms with van der Waals surface area (Å²) < 4.78 is 5.18. The van der Waals surface area contributed by atoms with E-state index in [0.717, 1.165) is 42.9 Å². The van der Waals surface area contributed by atoms with Gasteiger partial charge in [-0.25, -0.2) is 0 Å². The van der Waals surface area contributed by atoms with E-state index < -0.39 is 0 Å². The number of hydrogen-bond acceptors (Lipinski definition) is 5. The highest BCUT2D eigenvalue weighted by atomic mass is 16.5. The maximum absolute atomic E-state index is 12.8. The second kappa shape index (κ2) is 6.20. The number of carbonyl (C=O) groups is 2. The van der Waals surface area contributed by atoms with Gasteiger partial charge in [-0.05, 0) is 33.2 Å². The molecule has 2 saturated heterocycles. The van der Waals surface area contributed by atoms with Crippen molar-refractivity contribution in [1.82, 2.24) is 19.9 Å². The lowest BCUT2D eigenvalue weighted by Gasteiger charge is -2.53. The van der Waals surface area contributed by atoms with Crippen molar-refractivity contribution < 1.29 is 14.1 Å². The predicted octanol–water partition coefficient (Wildman–Crippen LogP) is 0.804. The van der Waals surface area contributed by atoms with Gasteiger partial charge < -0.3 is 14.3 Å². The van der Waals surface area contributed by atoms with Gasteiger partial charge >= 0.3 is 0 Å². The number of rotatable bonds is 4. The normalized spacial score (nSPS) is 24.3. The Hall–Kier alpha value is -1.89. The third-order valence-electron chi connectivity index (χ3n) is 5.28. The summed E-state index contributed by atoms with van der Waals surface area (Å²) in [4.78, 5) is 30.3. The first-order valence-electron chi connectivity index (χ1n) is 8.46. The Bertz CT molecular complexity index is 635. The average Bonchev–Trinajstić information content (AvgIpc) is 2.86. The fraction of sp³-hybridized carbons (Fsp3) is 0.706. The van der Waals surface area contributed by atoms with Gasteiger partial charge in [-0.2, -0.15) is 0 Å². The molecule has 7 heteroatoms. The van der Waals surface area contributed by atoms with Crippen molar-refractivity contribution in [3.8, 4) is 0 Å². The van der Waals surface area contributed by atoms with Crippen molar-refractivity contribution in [2.24, 2.45) is 5.41 Å². The van der Waals surface area contributed by atoms with Crippen molar-refractivity contribution in [1.29, 1.82) is 0 Å². The van der Waals surface area contributed by atoms with Crippen molar-refractivity contribution in [2.75, 3.05) is 40.3 Å². The Morgan fingerprint density at radius 2 is 2.08 bits per heavy atom. The fourth-order valence-electron chi connectivity index (χ4n) is 3.79. The molecule has 3 rings (SSSR count). The number of hydrogen-bond donors (Lipinski definition) is 0. The molecule has 7 nitrogen and oxygen atoms in total. The summed E-state index contributed by atoms with van der Waals surface area (Å²) >= 11 is 0. The van der Waals surface area contributed by atoms with Crippen LogP contribution in [-0.4, -0.2) is 71.9 Å². The van der Waals surface area contributed by atoms with Gasteiger partial charge in [-0.15, -0.1) is 0 Å². The Morgan fingerprint density at radius 1 is 1.33 bits per heavy atom. The minimum atomic E-state index is -0.302. The highest BCUT2D eigenvalue weighted by molar-refractivity contribution is 5.89. The highest BCUT2D eigenvalue weighted by Crippen LogP contribution is 2.41. The molecule has 2 fully saturated rings. The minimum absolute atomic E-state index is 0.0893. The topological polar surface area (TPSA) is 69.9 Å². The summed E-state index contributed by atoms with van der Waals surface area (Å²) in [5.41, 5.74) is 1.56. The first-order valence-corrected chi connectivity index (χ1v) is 8.46. The summed E-state index contributed by atoms with van der Waals surface area (Å²) in [6.07, 6.45) is 1.88. The molecule has 24 heavy (non-hydrogen) atoms. The first kappa shape index (κ1) is 17.0. The molecule has 0 radical (unpaired) electrons. The van der Waals surface area contributed by atoms with Crippen LogP contribution in [-0.2, 0) is 16.1 Å². The molecule has 2 aliphatic heterocycles. The molecule has 0 N–H and O–H groups in total. The Kier molecular flexibility index (Phi) is 4.38. The monoisotopic (exact) mass is 334 g/mol. The van der Waals surface area contributed by atoms with E-state index in [0.29, 0.717) is 19.6 Å². The molecule has 3 heterocycles. The molecular formula is C17H26N4O3. The van der Waals surface area contributed by atoms with Crippen LogP contribution in [0.2, 0.25) is 0 Å². The quantitative estimate of drug-likeness (QED) is 0.762. The van der Waals surface area contributed by atoms with Gasteiger partial charge in [0.15, 0.2) is 0 Å². The van der Waals surface area contributed by atoms with Crippen LogP contribution >= 0.6 is 0 Å². The molecule has 0 bridgehead atoms.